The van der Waals surface area contributed by atoms with Gasteiger partial charge in [-0.1, -0.05) is 42.5 Å². The Labute approximate surface area is 205 Å². The first kappa shape index (κ1) is 23.8. The minimum atomic E-state index is 0.522. The summed E-state index contributed by atoms with van der Waals surface area (Å²) in [7, 11) is 5.79. The molecule has 0 fully saturated rings. The molecule has 4 aromatic rings. The van der Waals surface area contributed by atoms with Gasteiger partial charge < -0.3 is 20.4 Å². The molecular formula is C25H30N10. The number of nitrogens with one attached hydrogen (secondary N) is 2. The fraction of sp³-hybridized carbons (Fsp3) is 0.280. The predicted octanol–water partition coefficient (Wildman–Crippen LogP) is 3.73. The lowest BCUT2D eigenvalue weighted by atomic mass is 10.1. The van der Waals surface area contributed by atoms with Crippen LogP contribution in [-0.4, -0.2) is 51.0 Å². The molecule has 2 heterocycles. The van der Waals surface area contributed by atoms with Crippen molar-refractivity contribution in [3.05, 3.63) is 77.4 Å². The van der Waals surface area contributed by atoms with Crippen LogP contribution in [0.2, 0.25) is 0 Å². The molecule has 0 aliphatic rings. The molecule has 2 aromatic carbocycles. The molecule has 0 saturated carbocycles. The van der Waals surface area contributed by atoms with E-state index in [0.717, 1.165) is 16.8 Å². The maximum atomic E-state index is 4.61. The number of anilines is 5. The minimum Gasteiger partial charge on any atom is -0.350 e. The van der Waals surface area contributed by atoms with E-state index >= 15 is 0 Å². The Bertz CT molecular complexity index is 1280. The van der Waals surface area contributed by atoms with Crippen LogP contribution in [0.1, 0.15) is 22.8 Å². The van der Waals surface area contributed by atoms with Crippen molar-refractivity contribution in [2.45, 2.75) is 26.9 Å². The highest BCUT2D eigenvalue weighted by molar-refractivity contribution is 5.54. The molecular weight excluding hydrogens is 440 g/mol. The van der Waals surface area contributed by atoms with E-state index in [1.807, 2.05) is 81.2 Å². The lowest BCUT2D eigenvalue weighted by Crippen LogP contribution is -2.20. The first-order chi connectivity index (χ1) is 16.9. The monoisotopic (exact) mass is 470 g/mol. The number of benzene rings is 2. The van der Waals surface area contributed by atoms with Gasteiger partial charge in [0.15, 0.2) is 0 Å². The van der Waals surface area contributed by atoms with E-state index in [4.69, 9.17) is 0 Å². The second-order valence-electron chi connectivity index (χ2n) is 8.43. The van der Waals surface area contributed by atoms with Crippen molar-refractivity contribution in [3.8, 4) is 0 Å². The highest BCUT2D eigenvalue weighted by atomic mass is 15.3. The van der Waals surface area contributed by atoms with Gasteiger partial charge in [0.25, 0.3) is 0 Å². The van der Waals surface area contributed by atoms with E-state index < -0.39 is 0 Å². The molecule has 180 valence electrons. The second kappa shape index (κ2) is 10.7. The summed E-state index contributed by atoms with van der Waals surface area (Å²) < 4.78 is 0. The normalized spacial score (nSPS) is 10.7. The van der Waals surface area contributed by atoms with Gasteiger partial charge in [0.05, 0.1) is 0 Å². The lowest BCUT2D eigenvalue weighted by Gasteiger charge is -2.19. The van der Waals surface area contributed by atoms with Crippen LogP contribution in [0.3, 0.4) is 0 Å². The molecule has 0 radical (unpaired) electrons. The van der Waals surface area contributed by atoms with Crippen LogP contribution in [-0.2, 0) is 13.1 Å². The van der Waals surface area contributed by atoms with Crippen LogP contribution < -0.4 is 20.4 Å². The Hall–Kier alpha value is -4.34. The van der Waals surface area contributed by atoms with E-state index in [-0.39, 0.29) is 0 Å². The van der Waals surface area contributed by atoms with E-state index in [0.29, 0.717) is 48.5 Å². The Morgan fingerprint density at radius 3 is 2.09 bits per heavy atom. The molecule has 35 heavy (non-hydrogen) atoms. The zero-order valence-corrected chi connectivity index (χ0v) is 20.7. The van der Waals surface area contributed by atoms with E-state index in [2.05, 4.69) is 58.7 Å². The molecule has 4 rings (SSSR count). The Kier molecular flexibility index (Phi) is 7.30. The van der Waals surface area contributed by atoms with Crippen molar-refractivity contribution >= 4 is 29.5 Å². The molecule has 10 heteroatoms. The average molecular weight is 471 g/mol. The van der Waals surface area contributed by atoms with E-state index in [1.165, 1.54) is 0 Å². The number of aromatic nitrogens is 6. The zero-order valence-electron chi connectivity index (χ0n) is 20.7. The Balaban J connectivity index is 1.43. The smallest absolute Gasteiger partial charge is 0.232 e. The highest BCUT2D eigenvalue weighted by Crippen LogP contribution is 2.17. The predicted molar refractivity (Wildman–Crippen MR) is 139 cm³/mol. The molecule has 0 spiro atoms. The van der Waals surface area contributed by atoms with Gasteiger partial charge in [-0.25, -0.2) is 0 Å². The third-order valence-corrected chi connectivity index (χ3v) is 5.10. The Morgan fingerprint density at radius 1 is 0.686 bits per heavy atom. The fourth-order valence-electron chi connectivity index (χ4n) is 3.46. The largest absolute Gasteiger partial charge is 0.350 e. The van der Waals surface area contributed by atoms with Crippen molar-refractivity contribution in [3.63, 3.8) is 0 Å². The summed E-state index contributed by atoms with van der Waals surface area (Å²) >= 11 is 0. The van der Waals surface area contributed by atoms with E-state index in [1.54, 1.807) is 0 Å². The number of hydrogen-bond acceptors (Lipinski definition) is 10. The topological polar surface area (TPSA) is 108 Å². The van der Waals surface area contributed by atoms with Crippen LogP contribution in [0.15, 0.2) is 54.6 Å². The third-order valence-electron chi connectivity index (χ3n) is 5.10. The van der Waals surface area contributed by atoms with Crippen LogP contribution in [0.25, 0.3) is 0 Å². The first-order valence-corrected chi connectivity index (χ1v) is 11.3. The molecule has 0 amide bonds. The van der Waals surface area contributed by atoms with Gasteiger partial charge in [0.1, 0.15) is 11.6 Å². The van der Waals surface area contributed by atoms with Gasteiger partial charge in [-0.15, -0.1) is 0 Å². The molecule has 0 unspecified atom stereocenters. The quantitative estimate of drug-likeness (QED) is 0.376. The molecule has 0 atom stereocenters. The summed E-state index contributed by atoms with van der Waals surface area (Å²) in [5, 5.41) is 6.55. The van der Waals surface area contributed by atoms with Gasteiger partial charge >= 0.3 is 0 Å². The minimum absolute atomic E-state index is 0.522. The van der Waals surface area contributed by atoms with Gasteiger partial charge in [-0.05, 0) is 37.1 Å². The molecule has 2 N–H and O–H groups in total. The molecule has 0 aliphatic heterocycles. The highest BCUT2D eigenvalue weighted by Gasteiger charge is 2.11. The van der Waals surface area contributed by atoms with Crippen molar-refractivity contribution in [1.29, 1.82) is 0 Å². The van der Waals surface area contributed by atoms with Crippen LogP contribution in [0.5, 0.6) is 0 Å². The third kappa shape index (κ3) is 6.59. The summed E-state index contributed by atoms with van der Waals surface area (Å²) in [6.07, 6.45) is 0. The van der Waals surface area contributed by atoms with Gasteiger partial charge in [0, 0.05) is 39.9 Å². The number of para-hydroxylation sites is 1. The summed E-state index contributed by atoms with van der Waals surface area (Å²) in [4.78, 5) is 30.6. The van der Waals surface area contributed by atoms with Crippen molar-refractivity contribution < 1.29 is 0 Å². The first-order valence-electron chi connectivity index (χ1n) is 11.3. The zero-order chi connectivity index (χ0) is 24.8. The maximum Gasteiger partial charge on any atom is 0.232 e. The number of nitrogens with zero attached hydrogens (tertiary/aromatic N) is 8. The fourth-order valence-corrected chi connectivity index (χ4v) is 3.46. The number of hydrogen-bond donors (Lipinski definition) is 2. The summed E-state index contributed by atoms with van der Waals surface area (Å²) in [5.41, 5.74) is 3.19. The lowest BCUT2D eigenvalue weighted by molar-refractivity contribution is 0.839. The van der Waals surface area contributed by atoms with Gasteiger partial charge in [-0.2, -0.15) is 29.9 Å². The summed E-state index contributed by atoms with van der Waals surface area (Å²) in [5.74, 6) is 3.65. The van der Waals surface area contributed by atoms with E-state index in [9.17, 15) is 0 Å². The van der Waals surface area contributed by atoms with Crippen molar-refractivity contribution in [1.82, 2.24) is 29.9 Å². The number of aryl methyl sites for hydroxylation is 2. The van der Waals surface area contributed by atoms with Crippen LogP contribution in [0, 0.1) is 13.8 Å². The van der Waals surface area contributed by atoms with Gasteiger partial charge in [-0.3, -0.25) is 0 Å². The standard InChI is InChI=1S/C25H30N10/c1-17-27-22(32-24(29-17)34(3)4)26-15-19-10-9-11-20(14-19)16-35(5)25-30-18(2)28-23(33-25)31-21-12-7-6-8-13-21/h6-14H,15-16H2,1-5H3,(H,26,27,29,32)(H,28,30,31,33). The SMILES string of the molecule is Cc1nc(NCc2cccc(CN(C)c3nc(C)nc(Nc4ccccc4)n3)c2)nc(N(C)C)n1. The number of rotatable bonds is 9. The molecule has 0 aliphatic carbocycles. The van der Waals surface area contributed by atoms with Gasteiger partial charge in [0.2, 0.25) is 23.8 Å². The van der Waals surface area contributed by atoms with Crippen molar-refractivity contribution in [2.24, 2.45) is 0 Å². The average Bonchev–Trinajstić information content (AvgIpc) is 2.83. The molecule has 0 saturated heterocycles. The Morgan fingerprint density at radius 2 is 1.34 bits per heavy atom. The molecule has 10 nitrogen and oxygen atoms in total. The van der Waals surface area contributed by atoms with Crippen LogP contribution >= 0.6 is 0 Å². The molecule has 0 bridgehead atoms. The van der Waals surface area contributed by atoms with Crippen molar-refractivity contribution in [2.75, 3.05) is 41.6 Å². The van der Waals surface area contributed by atoms with Crippen LogP contribution in [0.4, 0.5) is 29.5 Å². The summed E-state index contributed by atoms with van der Waals surface area (Å²) in [6, 6.07) is 18.2. The second-order valence-corrected chi connectivity index (χ2v) is 8.43. The summed E-state index contributed by atoms with van der Waals surface area (Å²) in [6.45, 7) is 4.98. The molecule has 2 aromatic heterocycles. The maximum absolute atomic E-state index is 4.61.